The van der Waals surface area contributed by atoms with Crippen LogP contribution in [0.1, 0.15) is 11.1 Å². The molecule has 0 amide bonds. The van der Waals surface area contributed by atoms with Crippen molar-refractivity contribution in [3.63, 3.8) is 0 Å². The van der Waals surface area contributed by atoms with Crippen molar-refractivity contribution in [3.05, 3.63) is 53.9 Å². The first-order valence-electron chi connectivity index (χ1n) is 6.62. The standard InChI is InChI=1S/C15H21N5.HI/c1-16-15(17-9-14-10-18-20(3)12-14)19(2)11-13-7-5-4-6-8-13;/h4-8,10,12H,9,11H2,1-3H3,(H,16,17);1H. The summed E-state index contributed by atoms with van der Waals surface area (Å²) in [6.45, 7) is 1.55. The number of nitrogens with zero attached hydrogens (tertiary/aromatic N) is 4. The average molecular weight is 399 g/mol. The molecule has 114 valence electrons. The third-order valence-electron chi connectivity index (χ3n) is 3.04. The van der Waals surface area contributed by atoms with Gasteiger partial charge in [0.25, 0.3) is 0 Å². The first-order valence-corrected chi connectivity index (χ1v) is 6.62. The highest BCUT2D eigenvalue weighted by atomic mass is 127. The zero-order chi connectivity index (χ0) is 14.4. The maximum Gasteiger partial charge on any atom is 0.193 e. The molecule has 5 nitrogen and oxygen atoms in total. The van der Waals surface area contributed by atoms with E-state index in [1.165, 1.54) is 5.56 Å². The summed E-state index contributed by atoms with van der Waals surface area (Å²) in [4.78, 5) is 6.41. The zero-order valence-electron chi connectivity index (χ0n) is 12.7. The Morgan fingerprint density at radius 2 is 2.00 bits per heavy atom. The highest BCUT2D eigenvalue weighted by Crippen LogP contribution is 2.03. The van der Waals surface area contributed by atoms with Crippen LogP contribution in [0.25, 0.3) is 0 Å². The van der Waals surface area contributed by atoms with Gasteiger partial charge in [0.15, 0.2) is 5.96 Å². The number of guanidine groups is 1. The lowest BCUT2D eigenvalue weighted by Crippen LogP contribution is -2.37. The van der Waals surface area contributed by atoms with E-state index in [1.54, 1.807) is 11.7 Å². The van der Waals surface area contributed by atoms with Crippen LogP contribution in [0.4, 0.5) is 0 Å². The molecule has 2 aromatic rings. The first-order chi connectivity index (χ1) is 9.69. The predicted molar refractivity (Wildman–Crippen MR) is 96.7 cm³/mol. The van der Waals surface area contributed by atoms with E-state index in [0.717, 1.165) is 24.6 Å². The summed E-state index contributed by atoms with van der Waals surface area (Å²) < 4.78 is 1.80. The average Bonchev–Trinajstić information content (AvgIpc) is 2.86. The van der Waals surface area contributed by atoms with Crippen molar-refractivity contribution in [1.82, 2.24) is 20.0 Å². The Morgan fingerprint density at radius 1 is 1.29 bits per heavy atom. The molecule has 1 aromatic carbocycles. The van der Waals surface area contributed by atoms with Gasteiger partial charge in [-0.3, -0.25) is 9.67 Å². The van der Waals surface area contributed by atoms with Crippen LogP contribution in [-0.2, 0) is 20.1 Å². The molecule has 1 aromatic heterocycles. The lowest BCUT2D eigenvalue weighted by molar-refractivity contribution is 0.476. The van der Waals surface area contributed by atoms with Crippen molar-refractivity contribution in [2.45, 2.75) is 13.1 Å². The van der Waals surface area contributed by atoms with E-state index in [9.17, 15) is 0 Å². The summed E-state index contributed by atoms with van der Waals surface area (Å²) in [7, 11) is 5.75. The van der Waals surface area contributed by atoms with Crippen LogP contribution in [0.2, 0.25) is 0 Å². The minimum absolute atomic E-state index is 0. The van der Waals surface area contributed by atoms with Gasteiger partial charge in [0.2, 0.25) is 0 Å². The Hall–Kier alpha value is -1.57. The Bertz CT molecular complexity index is 564. The molecule has 0 saturated heterocycles. The number of hydrogen-bond acceptors (Lipinski definition) is 2. The van der Waals surface area contributed by atoms with Crippen molar-refractivity contribution in [2.24, 2.45) is 12.0 Å². The van der Waals surface area contributed by atoms with Gasteiger partial charge in [0.05, 0.1) is 6.20 Å². The van der Waals surface area contributed by atoms with Crippen LogP contribution in [0, 0.1) is 0 Å². The summed E-state index contributed by atoms with van der Waals surface area (Å²) in [5.41, 5.74) is 2.40. The largest absolute Gasteiger partial charge is 0.352 e. The van der Waals surface area contributed by atoms with Gasteiger partial charge >= 0.3 is 0 Å². The van der Waals surface area contributed by atoms with E-state index in [0.29, 0.717) is 0 Å². The molecule has 1 N–H and O–H groups in total. The minimum Gasteiger partial charge on any atom is -0.352 e. The van der Waals surface area contributed by atoms with E-state index in [-0.39, 0.29) is 24.0 Å². The van der Waals surface area contributed by atoms with Gasteiger partial charge in [-0.05, 0) is 5.56 Å². The van der Waals surface area contributed by atoms with Gasteiger partial charge in [0.1, 0.15) is 0 Å². The Kier molecular flexibility index (Phi) is 7.21. The second-order valence-corrected chi connectivity index (χ2v) is 4.76. The molecular weight excluding hydrogens is 377 g/mol. The van der Waals surface area contributed by atoms with Crippen molar-refractivity contribution in [2.75, 3.05) is 14.1 Å². The van der Waals surface area contributed by atoms with Gasteiger partial charge in [-0.2, -0.15) is 5.10 Å². The quantitative estimate of drug-likeness (QED) is 0.488. The summed E-state index contributed by atoms with van der Waals surface area (Å²) in [5, 5.41) is 7.50. The number of benzene rings is 1. The fourth-order valence-electron chi connectivity index (χ4n) is 2.06. The molecule has 1 heterocycles. The monoisotopic (exact) mass is 399 g/mol. The van der Waals surface area contributed by atoms with Crippen LogP contribution in [-0.4, -0.2) is 34.7 Å². The third-order valence-corrected chi connectivity index (χ3v) is 3.04. The topological polar surface area (TPSA) is 45.5 Å². The fourth-order valence-corrected chi connectivity index (χ4v) is 2.06. The summed E-state index contributed by atoms with van der Waals surface area (Å²) in [6, 6.07) is 10.4. The first kappa shape index (κ1) is 17.5. The van der Waals surface area contributed by atoms with E-state index in [4.69, 9.17) is 0 Å². The number of nitrogens with one attached hydrogen (secondary N) is 1. The lowest BCUT2D eigenvalue weighted by Gasteiger charge is -2.22. The molecule has 0 aliphatic rings. The second-order valence-electron chi connectivity index (χ2n) is 4.76. The molecule has 0 bridgehead atoms. The van der Waals surface area contributed by atoms with Gasteiger partial charge < -0.3 is 10.2 Å². The van der Waals surface area contributed by atoms with Crippen LogP contribution in [0.5, 0.6) is 0 Å². The molecule has 6 heteroatoms. The maximum absolute atomic E-state index is 4.31. The highest BCUT2D eigenvalue weighted by Gasteiger charge is 2.06. The Labute approximate surface area is 143 Å². The van der Waals surface area contributed by atoms with E-state index in [1.807, 2.05) is 32.6 Å². The van der Waals surface area contributed by atoms with Crippen molar-refractivity contribution in [3.8, 4) is 0 Å². The molecule has 2 rings (SSSR count). The number of aliphatic imine (C=N–C) groups is 1. The molecule has 0 spiro atoms. The predicted octanol–water partition coefficient (Wildman–Crippen LogP) is 2.25. The normalized spacial score (nSPS) is 10.9. The van der Waals surface area contributed by atoms with Crippen LogP contribution >= 0.6 is 24.0 Å². The van der Waals surface area contributed by atoms with Crippen molar-refractivity contribution < 1.29 is 0 Å². The number of hydrogen-bond donors (Lipinski definition) is 1. The second kappa shape index (κ2) is 8.66. The molecular formula is C15H22IN5. The zero-order valence-corrected chi connectivity index (χ0v) is 15.0. The van der Waals surface area contributed by atoms with Crippen LogP contribution < -0.4 is 5.32 Å². The van der Waals surface area contributed by atoms with Gasteiger partial charge in [-0.15, -0.1) is 24.0 Å². The lowest BCUT2D eigenvalue weighted by atomic mass is 10.2. The molecule has 0 unspecified atom stereocenters. The number of halogens is 1. The molecule has 0 aliphatic carbocycles. The van der Waals surface area contributed by atoms with E-state index >= 15 is 0 Å². The number of aryl methyl sites for hydroxylation is 1. The third kappa shape index (κ3) is 5.37. The number of aromatic nitrogens is 2. The smallest absolute Gasteiger partial charge is 0.193 e. The van der Waals surface area contributed by atoms with Crippen molar-refractivity contribution in [1.29, 1.82) is 0 Å². The molecule has 0 fully saturated rings. The van der Waals surface area contributed by atoms with E-state index < -0.39 is 0 Å². The molecule has 0 aliphatic heterocycles. The molecule has 21 heavy (non-hydrogen) atoms. The summed E-state index contributed by atoms with van der Waals surface area (Å²) in [5.74, 6) is 0.873. The van der Waals surface area contributed by atoms with Crippen LogP contribution in [0.15, 0.2) is 47.7 Å². The number of rotatable bonds is 4. The molecule has 0 radical (unpaired) electrons. The van der Waals surface area contributed by atoms with Crippen molar-refractivity contribution >= 4 is 29.9 Å². The fraction of sp³-hybridized carbons (Fsp3) is 0.333. The highest BCUT2D eigenvalue weighted by molar-refractivity contribution is 14.0. The molecule has 0 saturated carbocycles. The van der Waals surface area contributed by atoms with Crippen LogP contribution in [0.3, 0.4) is 0 Å². The summed E-state index contributed by atoms with van der Waals surface area (Å²) in [6.07, 6.45) is 3.86. The van der Waals surface area contributed by atoms with Gasteiger partial charge in [-0.25, -0.2) is 0 Å². The Morgan fingerprint density at radius 3 is 2.57 bits per heavy atom. The Balaban J connectivity index is 0.00000220. The maximum atomic E-state index is 4.31. The van der Waals surface area contributed by atoms with Gasteiger partial charge in [0, 0.05) is 46.0 Å². The summed E-state index contributed by atoms with van der Waals surface area (Å²) >= 11 is 0. The van der Waals surface area contributed by atoms with E-state index in [2.05, 4.69) is 44.6 Å². The van der Waals surface area contributed by atoms with Gasteiger partial charge in [-0.1, -0.05) is 30.3 Å². The SMILES string of the molecule is CN=C(NCc1cnn(C)c1)N(C)Cc1ccccc1.I. The molecule has 0 atom stereocenters. The minimum atomic E-state index is 0.